The first-order valence-electron chi connectivity index (χ1n) is 8.23. The molecule has 2 heteroatoms. The van der Waals surface area contributed by atoms with Gasteiger partial charge in [0.05, 0.1) is 0 Å². The third kappa shape index (κ3) is 5.27. The maximum absolute atomic E-state index is 3.75. The van der Waals surface area contributed by atoms with Gasteiger partial charge in [0.1, 0.15) is 0 Å². The Hall–Kier alpha value is -0.0800. The number of rotatable bonds is 9. The van der Waals surface area contributed by atoms with E-state index in [1.165, 1.54) is 71.0 Å². The van der Waals surface area contributed by atoms with E-state index in [4.69, 9.17) is 0 Å². The van der Waals surface area contributed by atoms with Crippen LogP contribution in [0.25, 0.3) is 0 Å². The van der Waals surface area contributed by atoms with Crippen LogP contribution in [-0.4, -0.2) is 36.6 Å². The lowest BCUT2D eigenvalue weighted by molar-refractivity contribution is 0.317. The molecule has 2 nitrogen and oxygen atoms in total. The minimum absolute atomic E-state index is 0.793. The Bertz CT molecular complexity index is 223. The number of unbranched alkanes of at least 4 members (excludes halogenated alkanes) is 3. The zero-order chi connectivity index (χ0) is 12.8. The van der Waals surface area contributed by atoms with Gasteiger partial charge in [0.25, 0.3) is 0 Å². The lowest BCUT2D eigenvalue weighted by atomic mass is 10.0. The summed E-state index contributed by atoms with van der Waals surface area (Å²) in [6.07, 6.45) is 11.4. The molecule has 1 aliphatic heterocycles. The average molecular weight is 252 g/mol. The van der Waals surface area contributed by atoms with Crippen molar-refractivity contribution in [1.29, 1.82) is 0 Å². The molecule has 0 spiro atoms. The van der Waals surface area contributed by atoms with Gasteiger partial charge in [-0.25, -0.2) is 0 Å². The molecule has 1 atom stereocenters. The monoisotopic (exact) mass is 252 g/mol. The van der Waals surface area contributed by atoms with Crippen LogP contribution >= 0.6 is 0 Å². The van der Waals surface area contributed by atoms with Crippen LogP contribution in [0.4, 0.5) is 0 Å². The molecule has 18 heavy (non-hydrogen) atoms. The smallest absolute Gasteiger partial charge is 0.0207 e. The van der Waals surface area contributed by atoms with Crippen molar-refractivity contribution in [2.45, 2.75) is 77.3 Å². The topological polar surface area (TPSA) is 15.3 Å². The predicted octanol–water partition coefficient (Wildman–Crippen LogP) is 3.42. The Kier molecular flexibility index (Phi) is 5.97. The van der Waals surface area contributed by atoms with Crippen molar-refractivity contribution in [3.05, 3.63) is 0 Å². The fraction of sp³-hybridized carbons (Fsp3) is 1.00. The Balaban J connectivity index is 1.39. The second-order valence-electron chi connectivity index (χ2n) is 6.76. The van der Waals surface area contributed by atoms with Gasteiger partial charge in [0.15, 0.2) is 0 Å². The molecule has 1 heterocycles. The number of nitrogens with zero attached hydrogens (tertiary/aromatic N) is 1. The summed E-state index contributed by atoms with van der Waals surface area (Å²) in [6, 6.07) is 1.76. The molecule has 0 bridgehead atoms. The highest BCUT2D eigenvalue weighted by atomic mass is 15.2. The van der Waals surface area contributed by atoms with Gasteiger partial charge in [-0.1, -0.05) is 39.5 Å². The number of nitrogens with one attached hydrogen (secondary N) is 1. The molecule has 0 aromatic rings. The summed E-state index contributed by atoms with van der Waals surface area (Å²) in [7, 11) is 0. The Labute approximate surface area is 114 Å². The third-order valence-electron chi connectivity index (χ3n) is 4.42. The molecular formula is C16H32N2. The standard InChI is InChI=1S/C16H32N2/c1-14(2)7-5-3-4-6-11-17-15-10-12-18(13-15)16-8-9-16/h14-17H,3-13H2,1-2H3. The number of hydrogen-bond acceptors (Lipinski definition) is 2. The van der Waals surface area contributed by atoms with Crippen molar-refractivity contribution >= 4 is 0 Å². The summed E-state index contributed by atoms with van der Waals surface area (Å²) < 4.78 is 0. The molecule has 1 unspecified atom stereocenters. The molecule has 2 rings (SSSR count). The van der Waals surface area contributed by atoms with E-state index >= 15 is 0 Å². The van der Waals surface area contributed by atoms with Crippen molar-refractivity contribution < 1.29 is 0 Å². The molecule has 0 radical (unpaired) electrons. The highest BCUT2D eigenvalue weighted by molar-refractivity contribution is 4.91. The van der Waals surface area contributed by atoms with Gasteiger partial charge in [-0.3, -0.25) is 4.90 Å². The summed E-state index contributed by atoms with van der Waals surface area (Å²) in [6.45, 7) is 8.56. The number of likely N-dealkylation sites (tertiary alicyclic amines) is 1. The quantitative estimate of drug-likeness (QED) is 0.633. The largest absolute Gasteiger partial charge is 0.313 e. The first kappa shape index (κ1) is 14.3. The molecule has 2 aliphatic rings. The lowest BCUT2D eigenvalue weighted by Gasteiger charge is -2.15. The van der Waals surface area contributed by atoms with Crippen LogP contribution < -0.4 is 5.32 Å². The summed E-state index contributed by atoms with van der Waals surface area (Å²) >= 11 is 0. The molecule has 0 aromatic heterocycles. The molecule has 1 aliphatic carbocycles. The van der Waals surface area contributed by atoms with Crippen LogP contribution in [0, 0.1) is 5.92 Å². The van der Waals surface area contributed by atoms with E-state index in [0.717, 1.165) is 18.0 Å². The van der Waals surface area contributed by atoms with E-state index in [1.54, 1.807) is 0 Å². The van der Waals surface area contributed by atoms with E-state index in [2.05, 4.69) is 24.1 Å². The minimum atomic E-state index is 0.793. The van der Waals surface area contributed by atoms with Crippen LogP contribution in [0.3, 0.4) is 0 Å². The van der Waals surface area contributed by atoms with Crippen LogP contribution in [0.1, 0.15) is 65.2 Å². The van der Waals surface area contributed by atoms with Gasteiger partial charge in [-0.15, -0.1) is 0 Å². The molecular weight excluding hydrogens is 220 g/mol. The Morgan fingerprint density at radius 3 is 2.56 bits per heavy atom. The van der Waals surface area contributed by atoms with Gasteiger partial charge in [0, 0.05) is 25.2 Å². The van der Waals surface area contributed by atoms with Gasteiger partial charge < -0.3 is 5.32 Å². The van der Waals surface area contributed by atoms with Gasteiger partial charge >= 0.3 is 0 Å². The van der Waals surface area contributed by atoms with Crippen LogP contribution in [0.5, 0.6) is 0 Å². The van der Waals surface area contributed by atoms with Gasteiger partial charge in [-0.2, -0.15) is 0 Å². The van der Waals surface area contributed by atoms with E-state index in [9.17, 15) is 0 Å². The van der Waals surface area contributed by atoms with Crippen molar-refractivity contribution in [3.63, 3.8) is 0 Å². The summed E-state index contributed by atoms with van der Waals surface area (Å²) in [5.41, 5.74) is 0. The molecule has 1 N–H and O–H groups in total. The zero-order valence-electron chi connectivity index (χ0n) is 12.5. The fourth-order valence-corrected chi connectivity index (χ4v) is 3.06. The molecule has 0 aromatic carbocycles. The molecule has 0 amide bonds. The first-order chi connectivity index (χ1) is 8.75. The van der Waals surface area contributed by atoms with E-state index in [0.29, 0.717) is 0 Å². The second-order valence-corrected chi connectivity index (χ2v) is 6.76. The summed E-state index contributed by atoms with van der Waals surface area (Å²) in [5.74, 6) is 0.884. The third-order valence-corrected chi connectivity index (χ3v) is 4.42. The molecule has 106 valence electrons. The second kappa shape index (κ2) is 7.49. The molecule has 1 saturated heterocycles. The summed E-state index contributed by atoms with van der Waals surface area (Å²) in [5, 5.41) is 3.75. The van der Waals surface area contributed by atoms with Crippen molar-refractivity contribution in [1.82, 2.24) is 10.2 Å². The lowest BCUT2D eigenvalue weighted by Crippen LogP contribution is -2.33. The van der Waals surface area contributed by atoms with E-state index in [-0.39, 0.29) is 0 Å². The van der Waals surface area contributed by atoms with Crippen molar-refractivity contribution in [2.75, 3.05) is 19.6 Å². The average Bonchev–Trinajstić information content (AvgIpc) is 3.08. The fourth-order valence-electron chi connectivity index (χ4n) is 3.06. The van der Waals surface area contributed by atoms with Crippen molar-refractivity contribution in [3.8, 4) is 0 Å². The zero-order valence-corrected chi connectivity index (χ0v) is 12.5. The van der Waals surface area contributed by atoms with Gasteiger partial charge in [-0.05, 0) is 38.1 Å². The SMILES string of the molecule is CC(C)CCCCCCNC1CCN(C2CC2)C1. The van der Waals surface area contributed by atoms with Crippen molar-refractivity contribution in [2.24, 2.45) is 5.92 Å². The first-order valence-corrected chi connectivity index (χ1v) is 8.23. The normalized spacial score (nSPS) is 25.2. The van der Waals surface area contributed by atoms with Crippen LogP contribution in [-0.2, 0) is 0 Å². The van der Waals surface area contributed by atoms with Crippen LogP contribution in [0.2, 0.25) is 0 Å². The maximum Gasteiger partial charge on any atom is 0.0207 e. The predicted molar refractivity (Wildman–Crippen MR) is 78.9 cm³/mol. The minimum Gasteiger partial charge on any atom is -0.313 e. The Morgan fingerprint density at radius 1 is 1.06 bits per heavy atom. The molecule has 2 fully saturated rings. The number of hydrogen-bond donors (Lipinski definition) is 1. The highest BCUT2D eigenvalue weighted by Crippen LogP contribution is 2.29. The van der Waals surface area contributed by atoms with E-state index < -0.39 is 0 Å². The maximum atomic E-state index is 3.75. The van der Waals surface area contributed by atoms with Crippen LogP contribution in [0.15, 0.2) is 0 Å². The van der Waals surface area contributed by atoms with E-state index in [1.807, 2.05) is 0 Å². The summed E-state index contributed by atoms with van der Waals surface area (Å²) in [4.78, 5) is 2.69. The highest BCUT2D eigenvalue weighted by Gasteiger charge is 2.33. The molecule has 1 saturated carbocycles. The van der Waals surface area contributed by atoms with Gasteiger partial charge in [0.2, 0.25) is 0 Å². The Morgan fingerprint density at radius 2 is 1.83 bits per heavy atom.